The smallest absolute Gasteiger partial charge is 0.345 e. The van der Waals surface area contributed by atoms with Gasteiger partial charge in [-0.1, -0.05) is 30.3 Å². The molecule has 0 bridgehead atoms. The third-order valence-corrected chi connectivity index (χ3v) is 2.00. The molecule has 14 heavy (non-hydrogen) atoms. The van der Waals surface area contributed by atoms with Crippen LogP contribution in [0.1, 0.15) is 5.56 Å². The normalized spacial score (nSPS) is 14.5. The van der Waals surface area contributed by atoms with E-state index in [9.17, 15) is 9.90 Å². The first kappa shape index (κ1) is 10.7. The van der Waals surface area contributed by atoms with Gasteiger partial charge in [0.2, 0.25) is 5.60 Å². The molecule has 0 radical (unpaired) electrons. The second-order valence-corrected chi connectivity index (χ2v) is 2.88. The molecule has 76 valence electrons. The third-order valence-electron chi connectivity index (χ3n) is 2.00. The first-order chi connectivity index (χ1) is 6.65. The van der Waals surface area contributed by atoms with Crippen molar-refractivity contribution in [1.82, 2.24) is 0 Å². The van der Waals surface area contributed by atoms with Crippen molar-refractivity contribution in [3.8, 4) is 0 Å². The van der Waals surface area contributed by atoms with Crippen LogP contribution in [0.2, 0.25) is 0 Å². The first-order valence-electron chi connectivity index (χ1n) is 4.12. The van der Waals surface area contributed by atoms with Crippen molar-refractivity contribution in [3.05, 3.63) is 35.9 Å². The van der Waals surface area contributed by atoms with Gasteiger partial charge < -0.3 is 14.9 Å². The lowest BCUT2D eigenvalue weighted by molar-refractivity contribution is -0.168. The van der Waals surface area contributed by atoms with Gasteiger partial charge in [0.05, 0.1) is 13.7 Å². The minimum atomic E-state index is -1.96. The number of hydrogen-bond donors (Lipinski definition) is 2. The Morgan fingerprint density at radius 3 is 2.43 bits per heavy atom. The minimum absolute atomic E-state index is 0.314. The molecule has 1 aromatic rings. The molecule has 4 nitrogen and oxygen atoms in total. The van der Waals surface area contributed by atoms with Crippen molar-refractivity contribution in [2.75, 3.05) is 13.7 Å². The maximum Gasteiger partial charge on any atom is 0.345 e. The van der Waals surface area contributed by atoms with Crippen LogP contribution >= 0.6 is 0 Å². The summed E-state index contributed by atoms with van der Waals surface area (Å²) in [6, 6.07) is 8.18. The van der Waals surface area contributed by atoms with Crippen LogP contribution < -0.4 is 0 Å². The lowest BCUT2D eigenvalue weighted by atomic mass is 9.95. The zero-order chi connectivity index (χ0) is 10.6. The van der Waals surface area contributed by atoms with Gasteiger partial charge in [-0.05, 0) is 5.56 Å². The number of carbonyl (C=O) groups excluding carboxylic acids is 1. The van der Waals surface area contributed by atoms with Crippen LogP contribution in [0.25, 0.3) is 0 Å². The molecule has 2 N–H and O–H groups in total. The van der Waals surface area contributed by atoms with Gasteiger partial charge in [-0.15, -0.1) is 0 Å². The molecule has 4 heteroatoms. The lowest BCUT2D eigenvalue weighted by Crippen LogP contribution is -2.40. The molecule has 0 heterocycles. The highest BCUT2D eigenvalue weighted by Gasteiger charge is 2.38. The summed E-state index contributed by atoms with van der Waals surface area (Å²) >= 11 is 0. The highest BCUT2D eigenvalue weighted by molar-refractivity contribution is 5.81. The highest BCUT2D eigenvalue weighted by Crippen LogP contribution is 2.21. The van der Waals surface area contributed by atoms with Crippen molar-refractivity contribution in [1.29, 1.82) is 0 Å². The van der Waals surface area contributed by atoms with Gasteiger partial charge in [-0.3, -0.25) is 0 Å². The van der Waals surface area contributed by atoms with E-state index in [2.05, 4.69) is 4.74 Å². The summed E-state index contributed by atoms with van der Waals surface area (Å²) < 4.78 is 4.41. The number of hydrogen-bond acceptors (Lipinski definition) is 4. The van der Waals surface area contributed by atoms with Gasteiger partial charge in [0.1, 0.15) is 0 Å². The molecule has 0 spiro atoms. The Labute approximate surface area is 81.8 Å². The Bertz CT molecular complexity index is 309. The van der Waals surface area contributed by atoms with E-state index >= 15 is 0 Å². The Kier molecular flexibility index (Phi) is 3.22. The number of aliphatic hydroxyl groups excluding tert-OH is 1. The quantitative estimate of drug-likeness (QED) is 0.670. The molecule has 0 aliphatic carbocycles. The number of esters is 1. The molecule has 1 atom stereocenters. The average Bonchev–Trinajstić information content (AvgIpc) is 2.28. The molecule has 1 rings (SSSR count). The average molecular weight is 196 g/mol. The Balaban J connectivity index is 3.08. The molecular weight excluding hydrogens is 184 g/mol. The van der Waals surface area contributed by atoms with Crippen molar-refractivity contribution in [2.24, 2.45) is 0 Å². The fourth-order valence-electron chi connectivity index (χ4n) is 1.16. The highest BCUT2D eigenvalue weighted by atomic mass is 16.5. The van der Waals surface area contributed by atoms with Crippen molar-refractivity contribution in [2.45, 2.75) is 5.60 Å². The standard InChI is InChI=1S/C10H12O4/c1-14-9(12)10(13,7-11)8-5-3-2-4-6-8/h2-6,11,13H,7H2,1H3. The van der Waals surface area contributed by atoms with Crippen LogP contribution in [0.4, 0.5) is 0 Å². The van der Waals surface area contributed by atoms with Gasteiger partial charge in [0, 0.05) is 0 Å². The van der Waals surface area contributed by atoms with E-state index in [0.717, 1.165) is 7.11 Å². The molecule has 0 aliphatic rings. The summed E-state index contributed by atoms with van der Waals surface area (Å²) in [5, 5.41) is 18.8. The Hall–Kier alpha value is -1.39. The molecule has 0 fully saturated rings. The zero-order valence-corrected chi connectivity index (χ0v) is 7.80. The summed E-state index contributed by atoms with van der Waals surface area (Å²) in [5.74, 6) is -0.869. The predicted molar refractivity (Wildman–Crippen MR) is 49.4 cm³/mol. The first-order valence-corrected chi connectivity index (χ1v) is 4.12. The minimum Gasteiger partial charge on any atom is -0.467 e. The van der Waals surface area contributed by atoms with Crippen LogP contribution in [-0.4, -0.2) is 29.9 Å². The topological polar surface area (TPSA) is 66.8 Å². The molecule has 0 saturated carbocycles. The third kappa shape index (κ3) is 1.76. The second-order valence-electron chi connectivity index (χ2n) is 2.88. The maximum absolute atomic E-state index is 11.2. The number of rotatable bonds is 3. The molecule has 1 unspecified atom stereocenters. The summed E-state index contributed by atoms with van der Waals surface area (Å²) in [6.07, 6.45) is 0. The van der Waals surface area contributed by atoms with E-state index in [-0.39, 0.29) is 0 Å². The van der Waals surface area contributed by atoms with Crippen molar-refractivity contribution in [3.63, 3.8) is 0 Å². The van der Waals surface area contributed by atoms with Crippen LogP contribution in [0.15, 0.2) is 30.3 Å². The number of aliphatic hydroxyl groups is 2. The number of carbonyl (C=O) groups is 1. The van der Waals surface area contributed by atoms with Crippen LogP contribution in [0.3, 0.4) is 0 Å². The molecule has 0 saturated heterocycles. The summed E-state index contributed by atoms with van der Waals surface area (Å²) in [4.78, 5) is 11.2. The molecule has 0 amide bonds. The van der Waals surface area contributed by atoms with E-state index in [1.54, 1.807) is 30.3 Å². The fourth-order valence-corrected chi connectivity index (χ4v) is 1.16. The molecule has 0 aromatic heterocycles. The second kappa shape index (κ2) is 4.21. The summed E-state index contributed by atoms with van der Waals surface area (Å²) in [5.41, 5.74) is -1.65. The Morgan fingerprint density at radius 1 is 1.43 bits per heavy atom. The summed E-state index contributed by atoms with van der Waals surface area (Å²) in [7, 11) is 1.16. The fraction of sp³-hybridized carbons (Fsp3) is 0.300. The van der Waals surface area contributed by atoms with Gasteiger partial charge in [-0.25, -0.2) is 4.79 Å². The van der Waals surface area contributed by atoms with E-state index in [0.29, 0.717) is 5.56 Å². The van der Waals surface area contributed by atoms with E-state index in [1.807, 2.05) is 0 Å². The van der Waals surface area contributed by atoms with Gasteiger partial charge in [-0.2, -0.15) is 0 Å². The molecular formula is C10H12O4. The lowest BCUT2D eigenvalue weighted by Gasteiger charge is -2.22. The van der Waals surface area contributed by atoms with Gasteiger partial charge >= 0.3 is 5.97 Å². The molecule has 0 aliphatic heterocycles. The summed E-state index contributed by atoms with van der Waals surface area (Å²) in [6.45, 7) is -0.705. The SMILES string of the molecule is COC(=O)C(O)(CO)c1ccccc1. The largest absolute Gasteiger partial charge is 0.467 e. The monoisotopic (exact) mass is 196 g/mol. The predicted octanol–water partition coefficient (Wildman–Crippen LogP) is 0.0395. The van der Waals surface area contributed by atoms with Gasteiger partial charge in [0.25, 0.3) is 0 Å². The van der Waals surface area contributed by atoms with Gasteiger partial charge in [0.15, 0.2) is 0 Å². The maximum atomic E-state index is 11.2. The number of methoxy groups -OCH3 is 1. The van der Waals surface area contributed by atoms with Crippen LogP contribution in [0.5, 0.6) is 0 Å². The van der Waals surface area contributed by atoms with E-state index in [4.69, 9.17) is 5.11 Å². The molecule has 1 aromatic carbocycles. The van der Waals surface area contributed by atoms with E-state index < -0.39 is 18.2 Å². The Morgan fingerprint density at radius 2 is 2.00 bits per heavy atom. The van der Waals surface area contributed by atoms with Crippen LogP contribution in [0, 0.1) is 0 Å². The number of ether oxygens (including phenoxy) is 1. The number of benzene rings is 1. The van der Waals surface area contributed by atoms with Crippen molar-refractivity contribution < 1.29 is 19.7 Å². The van der Waals surface area contributed by atoms with Crippen LogP contribution in [-0.2, 0) is 15.1 Å². The zero-order valence-electron chi connectivity index (χ0n) is 7.80. The van der Waals surface area contributed by atoms with E-state index in [1.165, 1.54) is 0 Å². The van der Waals surface area contributed by atoms with Crippen molar-refractivity contribution >= 4 is 5.97 Å².